The highest BCUT2D eigenvalue weighted by molar-refractivity contribution is 6.29. The van der Waals surface area contributed by atoms with Gasteiger partial charge in [-0.2, -0.15) is 0 Å². The van der Waals surface area contributed by atoms with Gasteiger partial charge in [0.05, 0.1) is 11.1 Å². The van der Waals surface area contributed by atoms with Gasteiger partial charge in [-0.15, -0.1) is 0 Å². The van der Waals surface area contributed by atoms with Gasteiger partial charge in [0.15, 0.2) is 0 Å². The molecule has 0 unspecified atom stereocenters. The number of carbonyl (C=O) groups is 2. The van der Waals surface area contributed by atoms with Gasteiger partial charge < -0.3 is 9.88 Å². The highest BCUT2D eigenvalue weighted by Gasteiger charge is 2.37. The number of rotatable bonds is 3. The van der Waals surface area contributed by atoms with E-state index in [1.54, 1.807) is 6.07 Å². The fourth-order valence-electron chi connectivity index (χ4n) is 3.22. The van der Waals surface area contributed by atoms with Crippen LogP contribution in [0, 0.1) is 0 Å². The summed E-state index contributed by atoms with van der Waals surface area (Å²) in [5.41, 5.74) is 2.90. The Labute approximate surface area is 133 Å². The van der Waals surface area contributed by atoms with E-state index in [0.29, 0.717) is 24.2 Å². The van der Waals surface area contributed by atoms with Crippen molar-refractivity contribution in [1.29, 1.82) is 0 Å². The first-order valence-electron chi connectivity index (χ1n) is 7.62. The Morgan fingerprint density at radius 3 is 2.57 bits per heavy atom. The van der Waals surface area contributed by atoms with E-state index in [9.17, 15) is 9.59 Å². The highest BCUT2D eigenvalue weighted by atomic mass is 16.2. The fraction of sp³-hybridized carbons (Fsp3) is 0.222. The maximum atomic E-state index is 12.8. The lowest BCUT2D eigenvalue weighted by molar-refractivity contribution is 0.0645. The SMILES string of the molecule is CN(C)CCN1C(=O)c2ccc3[nH]c4ccccc4c3c2C1=O. The number of likely N-dealkylation sites (N-methyl/N-ethyl adjacent to an activating group) is 1. The molecule has 0 saturated heterocycles. The van der Waals surface area contributed by atoms with E-state index < -0.39 is 0 Å². The quantitative estimate of drug-likeness (QED) is 0.756. The minimum Gasteiger partial charge on any atom is -0.354 e. The van der Waals surface area contributed by atoms with Gasteiger partial charge in [0.2, 0.25) is 0 Å². The van der Waals surface area contributed by atoms with Crippen molar-refractivity contribution >= 4 is 33.6 Å². The third-order valence-electron chi connectivity index (χ3n) is 4.38. The average molecular weight is 307 g/mol. The van der Waals surface area contributed by atoms with Crippen LogP contribution in [-0.2, 0) is 0 Å². The number of H-pyrrole nitrogens is 1. The fourth-order valence-corrected chi connectivity index (χ4v) is 3.22. The Kier molecular flexibility index (Phi) is 2.99. The van der Waals surface area contributed by atoms with Crippen LogP contribution in [0.2, 0.25) is 0 Å². The molecular formula is C18H17N3O2. The van der Waals surface area contributed by atoms with Gasteiger partial charge in [-0.25, -0.2) is 0 Å². The second kappa shape index (κ2) is 4.93. The molecule has 23 heavy (non-hydrogen) atoms. The van der Waals surface area contributed by atoms with Crippen LogP contribution in [-0.4, -0.2) is 53.8 Å². The third-order valence-corrected chi connectivity index (χ3v) is 4.38. The van der Waals surface area contributed by atoms with Gasteiger partial charge in [0, 0.05) is 34.9 Å². The number of aromatic nitrogens is 1. The van der Waals surface area contributed by atoms with Gasteiger partial charge in [-0.3, -0.25) is 14.5 Å². The zero-order valence-corrected chi connectivity index (χ0v) is 13.1. The lowest BCUT2D eigenvalue weighted by atomic mass is 10.0. The number of benzene rings is 2. The standard InChI is InChI=1S/C18H17N3O2/c1-20(2)9-10-21-17(22)12-7-8-14-15(16(12)18(21)23)11-5-3-4-6-13(11)19-14/h3-8,19H,9-10H2,1-2H3. The Bertz CT molecular complexity index is 955. The molecule has 0 fully saturated rings. The van der Waals surface area contributed by atoms with Crippen LogP contribution in [0.4, 0.5) is 0 Å². The Balaban J connectivity index is 1.92. The van der Waals surface area contributed by atoms with E-state index in [2.05, 4.69) is 4.98 Å². The van der Waals surface area contributed by atoms with Crippen LogP contribution in [0.3, 0.4) is 0 Å². The molecule has 1 aromatic heterocycles. The molecule has 5 heteroatoms. The number of para-hydroxylation sites is 1. The molecule has 0 saturated carbocycles. The maximum Gasteiger partial charge on any atom is 0.262 e. The number of carbonyl (C=O) groups excluding carboxylic acids is 2. The zero-order chi connectivity index (χ0) is 16.1. The van der Waals surface area contributed by atoms with Crippen LogP contribution in [0.5, 0.6) is 0 Å². The first-order chi connectivity index (χ1) is 11.1. The predicted molar refractivity (Wildman–Crippen MR) is 89.7 cm³/mol. The number of nitrogens with zero attached hydrogens (tertiary/aromatic N) is 2. The molecule has 0 aliphatic carbocycles. The van der Waals surface area contributed by atoms with Crippen LogP contribution in [0.1, 0.15) is 20.7 Å². The first kappa shape index (κ1) is 14.0. The lowest BCUT2D eigenvalue weighted by Gasteiger charge is -2.16. The lowest BCUT2D eigenvalue weighted by Crippen LogP contribution is -2.35. The van der Waals surface area contributed by atoms with Gasteiger partial charge in [-0.1, -0.05) is 18.2 Å². The van der Waals surface area contributed by atoms with Crippen molar-refractivity contribution in [1.82, 2.24) is 14.8 Å². The Morgan fingerprint density at radius 1 is 1.00 bits per heavy atom. The van der Waals surface area contributed by atoms with Crippen LogP contribution < -0.4 is 0 Å². The second-order valence-electron chi connectivity index (χ2n) is 6.15. The van der Waals surface area contributed by atoms with E-state index in [1.165, 1.54) is 4.90 Å². The normalized spacial score (nSPS) is 14.5. The zero-order valence-electron chi connectivity index (χ0n) is 13.1. The van der Waals surface area contributed by atoms with Crippen LogP contribution >= 0.6 is 0 Å². The number of fused-ring (bicyclic) bond motifs is 5. The summed E-state index contributed by atoms with van der Waals surface area (Å²) < 4.78 is 0. The van der Waals surface area contributed by atoms with Crippen LogP contribution in [0.25, 0.3) is 21.8 Å². The average Bonchev–Trinajstić information content (AvgIpc) is 3.02. The largest absolute Gasteiger partial charge is 0.354 e. The summed E-state index contributed by atoms with van der Waals surface area (Å²) in [4.78, 5) is 32.1. The molecule has 3 aromatic rings. The summed E-state index contributed by atoms with van der Waals surface area (Å²) in [6.07, 6.45) is 0. The van der Waals surface area contributed by atoms with E-state index in [-0.39, 0.29) is 11.8 Å². The smallest absolute Gasteiger partial charge is 0.262 e. The molecule has 1 N–H and O–H groups in total. The summed E-state index contributed by atoms with van der Waals surface area (Å²) in [5.74, 6) is -0.388. The number of imide groups is 1. The summed E-state index contributed by atoms with van der Waals surface area (Å²) in [6, 6.07) is 11.5. The molecule has 0 spiro atoms. The number of hydrogen-bond donors (Lipinski definition) is 1. The Hall–Kier alpha value is -2.66. The van der Waals surface area contributed by atoms with E-state index in [1.807, 2.05) is 49.3 Å². The first-order valence-corrected chi connectivity index (χ1v) is 7.62. The molecule has 2 aromatic carbocycles. The maximum absolute atomic E-state index is 12.8. The number of aromatic amines is 1. The van der Waals surface area contributed by atoms with Crippen molar-refractivity contribution in [3.63, 3.8) is 0 Å². The molecule has 116 valence electrons. The van der Waals surface area contributed by atoms with E-state index >= 15 is 0 Å². The molecule has 2 heterocycles. The topological polar surface area (TPSA) is 56.4 Å². The third kappa shape index (κ3) is 1.97. The molecule has 5 nitrogen and oxygen atoms in total. The summed E-state index contributed by atoms with van der Waals surface area (Å²) in [7, 11) is 3.85. The molecular weight excluding hydrogens is 290 g/mol. The van der Waals surface area contributed by atoms with Crippen LogP contribution in [0.15, 0.2) is 36.4 Å². The van der Waals surface area contributed by atoms with Crippen molar-refractivity contribution in [2.24, 2.45) is 0 Å². The number of nitrogens with one attached hydrogen (secondary N) is 1. The van der Waals surface area contributed by atoms with Gasteiger partial charge >= 0.3 is 0 Å². The minimum absolute atomic E-state index is 0.192. The summed E-state index contributed by atoms with van der Waals surface area (Å²) in [5, 5.41) is 1.83. The molecule has 0 bridgehead atoms. The van der Waals surface area contributed by atoms with Gasteiger partial charge in [-0.05, 0) is 32.3 Å². The predicted octanol–water partition coefficient (Wildman–Crippen LogP) is 2.48. The molecule has 0 atom stereocenters. The minimum atomic E-state index is -0.195. The Morgan fingerprint density at radius 2 is 1.78 bits per heavy atom. The molecule has 2 amide bonds. The van der Waals surface area contributed by atoms with Crippen molar-refractivity contribution in [2.75, 3.05) is 27.2 Å². The van der Waals surface area contributed by atoms with Crippen molar-refractivity contribution in [2.45, 2.75) is 0 Å². The van der Waals surface area contributed by atoms with Crippen molar-refractivity contribution in [3.05, 3.63) is 47.5 Å². The number of amides is 2. The highest BCUT2D eigenvalue weighted by Crippen LogP contribution is 2.34. The van der Waals surface area contributed by atoms with Crippen molar-refractivity contribution < 1.29 is 9.59 Å². The molecule has 0 radical (unpaired) electrons. The van der Waals surface area contributed by atoms with E-state index in [0.717, 1.165) is 21.8 Å². The molecule has 1 aliphatic rings. The van der Waals surface area contributed by atoms with Gasteiger partial charge in [0.1, 0.15) is 0 Å². The summed E-state index contributed by atoms with van der Waals surface area (Å²) in [6.45, 7) is 1.06. The summed E-state index contributed by atoms with van der Waals surface area (Å²) >= 11 is 0. The molecule has 4 rings (SSSR count). The molecule has 1 aliphatic heterocycles. The number of hydrogen-bond acceptors (Lipinski definition) is 3. The second-order valence-corrected chi connectivity index (χ2v) is 6.15. The van der Waals surface area contributed by atoms with E-state index in [4.69, 9.17) is 0 Å². The monoisotopic (exact) mass is 307 g/mol. The van der Waals surface area contributed by atoms with Crippen molar-refractivity contribution in [3.8, 4) is 0 Å². The van der Waals surface area contributed by atoms with Gasteiger partial charge in [0.25, 0.3) is 11.8 Å².